The van der Waals surface area contributed by atoms with Crippen molar-refractivity contribution >= 4 is 31.3 Å². The Balaban J connectivity index is 2.52. The summed E-state index contributed by atoms with van der Waals surface area (Å²) >= 11 is 1.52. The van der Waals surface area contributed by atoms with Crippen LogP contribution < -0.4 is 5.73 Å². The smallest absolute Gasteiger partial charge is 0.152 e. The molecule has 16 heavy (non-hydrogen) atoms. The Labute approximate surface area is 98.8 Å². The minimum Gasteiger partial charge on any atom is -0.326 e. The van der Waals surface area contributed by atoms with Gasteiger partial charge in [0.1, 0.15) is 0 Å². The van der Waals surface area contributed by atoms with E-state index in [4.69, 9.17) is 5.73 Å². The van der Waals surface area contributed by atoms with Gasteiger partial charge in [0.25, 0.3) is 0 Å². The molecule has 5 heteroatoms. The van der Waals surface area contributed by atoms with Crippen LogP contribution in [0.3, 0.4) is 0 Å². The predicted molar refractivity (Wildman–Crippen MR) is 68.3 cm³/mol. The van der Waals surface area contributed by atoms with Gasteiger partial charge in [0.2, 0.25) is 0 Å². The fourth-order valence-electron chi connectivity index (χ4n) is 1.68. The van der Waals surface area contributed by atoms with Gasteiger partial charge in [0, 0.05) is 22.4 Å². The predicted octanol–water partition coefficient (Wildman–Crippen LogP) is 1.90. The SMILES string of the molecule is CS(=O)(=O)Cc1cc2c(CN)cccc2s1. The lowest BCUT2D eigenvalue weighted by atomic mass is 10.1. The first-order valence-electron chi connectivity index (χ1n) is 4.88. The van der Waals surface area contributed by atoms with Crippen molar-refractivity contribution in [1.82, 2.24) is 0 Å². The number of nitrogens with two attached hydrogens (primary N) is 1. The first kappa shape index (κ1) is 11.6. The van der Waals surface area contributed by atoms with E-state index in [9.17, 15) is 8.42 Å². The normalized spacial score (nSPS) is 12.1. The van der Waals surface area contributed by atoms with Gasteiger partial charge in [-0.25, -0.2) is 8.42 Å². The molecule has 1 heterocycles. The lowest BCUT2D eigenvalue weighted by Crippen LogP contribution is -1.98. The maximum absolute atomic E-state index is 11.2. The molecule has 86 valence electrons. The number of hydrogen-bond acceptors (Lipinski definition) is 4. The zero-order valence-corrected chi connectivity index (χ0v) is 10.6. The van der Waals surface area contributed by atoms with Crippen LogP contribution in [-0.2, 0) is 22.1 Å². The lowest BCUT2D eigenvalue weighted by molar-refractivity contribution is 0.601. The molecule has 2 aromatic rings. The van der Waals surface area contributed by atoms with Crippen LogP contribution in [0.25, 0.3) is 10.1 Å². The highest BCUT2D eigenvalue weighted by Crippen LogP contribution is 2.29. The topological polar surface area (TPSA) is 60.2 Å². The van der Waals surface area contributed by atoms with E-state index in [1.54, 1.807) is 0 Å². The molecule has 0 atom stereocenters. The van der Waals surface area contributed by atoms with E-state index < -0.39 is 9.84 Å². The summed E-state index contributed by atoms with van der Waals surface area (Å²) in [7, 11) is -2.97. The van der Waals surface area contributed by atoms with E-state index in [2.05, 4.69) is 0 Å². The Morgan fingerprint density at radius 3 is 2.75 bits per heavy atom. The van der Waals surface area contributed by atoms with Crippen molar-refractivity contribution < 1.29 is 8.42 Å². The second kappa shape index (κ2) is 4.16. The van der Waals surface area contributed by atoms with Crippen molar-refractivity contribution in [2.24, 2.45) is 5.73 Å². The zero-order chi connectivity index (χ0) is 11.8. The van der Waals surface area contributed by atoms with Gasteiger partial charge in [-0.3, -0.25) is 0 Å². The van der Waals surface area contributed by atoms with Crippen molar-refractivity contribution in [3.63, 3.8) is 0 Å². The van der Waals surface area contributed by atoms with E-state index in [0.717, 1.165) is 20.5 Å². The molecule has 0 saturated heterocycles. The van der Waals surface area contributed by atoms with Gasteiger partial charge in [-0.05, 0) is 23.1 Å². The van der Waals surface area contributed by atoms with Gasteiger partial charge in [-0.15, -0.1) is 11.3 Å². The molecule has 2 N–H and O–H groups in total. The highest BCUT2D eigenvalue weighted by molar-refractivity contribution is 7.90. The molecule has 0 aliphatic heterocycles. The average Bonchev–Trinajstić information content (AvgIpc) is 2.56. The second-order valence-electron chi connectivity index (χ2n) is 3.82. The Hall–Kier alpha value is -0.910. The summed E-state index contributed by atoms with van der Waals surface area (Å²) in [5.74, 6) is 0.107. The fraction of sp³-hybridized carbons (Fsp3) is 0.273. The van der Waals surface area contributed by atoms with Crippen LogP contribution in [0, 0.1) is 0 Å². The number of fused-ring (bicyclic) bond motifs is 1. The largest absolute Gasteiger partial charge is 0.326 e. The molecule has 0 saturated carbocycles. The third-order valence-corrected chi connectivity index (χ3v) is 4.45. The molecule has 1 aromatic heterocycles. The molecule has 0 unspecified atom stereocenters. The number of sulfone groups is 1. The van der Waals surface area contributed by atoms with Crippen LogP contribution in [0.1, 0.15) is 10.4 Å². The number of thiophene rings is 1. The Morgan fingerprint density at radius 2 is 2.12 bits per heavy atom. The molecule has 2 rings (SSSR count). The summed E-state index contributed by atoms with van der Waals surface area (Å²) in [6, 6.07) is 7.85. The van der Waals surface area contributed by atoms with Crippen LogP contribution >= 0.6 is 11.3 Å². The van der Waals surface area contributed by atoms with Gasteiger partial charge >= 0.3 is 0 Å². The van der Waals surface area contributed by atoms with Gasteiger partial charge in [-0.1, -0.05) is 12.1 Å². The van der Waals surface area contributed by atoms with E-state index in [0.29, 0.717) is 6.54 Å². The molecule has 0 radical (unpaired) electrons. The Bertz CT molecular complexity index is 614. The summed E-state index contributed by atoms with van der Waals surface area (Å²) in [6.45, 7) is 0.479. The maximum Gasteiger partial charge on any atom is 0.152 e. The van der Waals surface area contributed by atoms with Gasteiger partial charge in [0.15, 0.2) is 9.84 Å². The molecule has 0 aliphatic rings. The molecular weight excluding hydrogens is 242 g/mol. The standard InChI is InChI=1S/C11H13NO2S2/c1-16(13,14)7-9-5-10-8(6-12)3-2-4-11(10)15-9/h2-5H,6-7,12H2,1H3. The van der Waals surface area contributed by atoms with Crippen LogP contribution in [0.4, 0.5) is 0 Å². The third-order valence-electron chi connectivity index (χ3n) is 2.33. The Morgan fingerprint density at radius 1 is 1.38 bits per heavy atom. The molecule has 0 bridgehead atoms. The summed E-state index contributed by atoms with van der Waals surface area (Å²) in [5, 5.41) is 1.08. The monoisotopic (exact) mass is 255 g/mol. The van der Waals surface area contributed by atoms with Crippen molar-refractivity contribution in [3.05, 3.63) is 34.7 Å². The third kappa shape index (κ3) is 2.42. The first-order valence-corrected chi connectivity index (χ1v) is 7.75. The van der Waals surface area contributed by atoms with E-state index in [-0.39, 0.29) is 5.75 Å². The lowest BCUT2D eigenvalue weighted by Gasteiger charge is -1.96. The molecule has 0 amide bonds. The van der Waals surface area contributed by atoms with Gasteiger partial charge in [0.05, 0.1) is 5.75 Å². The zero-order valence-electron chi connectivity index (χ0n) is 8.93. The fourth-order valence-corrected chi connectivity index (χ4v) is 4.07. The minimum absolute atomic E-state index is 0.107. The molecular formula is C11H13NO2S2. The highest BCUT2D eigenvalue weighted by Gasteiger charge is 2.09. The van der Waals surface area contributed by atoms with Crippen molar-refractivity contribution in [3.8, 4) is 0 Å². The second-order valence-corrected chi connectivity index (χ2v) is 7.12. The molecule has 1 aromatic carbocycles. The van der Waals surface area contributed by atoms with Crippen molar-refractivity contribution in [2.45, 2.75) is 12.3 Å². The first-order chi connectivity index (χ1) is 7.49. The molecule has 0 fully saturated rings. The number of hydrogen-bond donors (Lipinski definition) is 1. The van der Waals surface area contributed by atoms with E-state index in [1.165, 1.54) is 17.6 Å². The average molecular weight is 255 g/mol. The summed E-state index contributed by atoms with van der Waals surface area (Å²) in [5.41, 5.74) is 6.70. The highest BCUT2D eigenvalue weighted by atomic mass is 32.2. The van der Waals surface area contributed by atoms with Crippen LogP contribution in [-0.4, -0.2) is 14.7 Å². The van der Waals surface area contributed by atoms with Crippen molar-refractivity contribution in [1.29, 1.82) is 0 Å². The van der Waals surface area contributed by atoms with Gasteiger partial charge < -0.3 is 5.73 Å². The van der Waals surface area contributed by atoms with Crippen molar-refractivity contribution in [2.75, 3.05) is 6.26 Å². The minimum atomic E-state index is -2.97. The quantitative estimate of drug-likeness (QED) is 0.911. The molecule has 0 spiro atoms. The summed E-state index contributed by atoms with van der Waals surface area (Å²) < 4.78 is 23.5. The number of benzene rings is 1. The molecule has 3 nitrogen and oxygen atoms in total. The summed E-state index contributed by atoms with van der Waals surface area (Å²) in [6.07, 6.45) is 1.25. The number of rotatable bonds is 3. The van der Waals surface area contributed by atoms with Crippen LogP contribution in [0.5, 0.6) is 0 Å². The molecule has 0 aliphatic carbocycles. The van der Waals surface area contributed by atoms with Gasteiger partial charge in [-0.2, -0.15) is 0 Å². The maximum atomic E-state index is 11.2. The van der Waals surface area contributed by atoms with Crippen LogP contribution in [0.15, 0.2) is 24.3 Å². The Kier molecular flexibility index (Phi) is 3.01. The van der Waals surface area contributed by atoms with E-state index in [1.807, 2.05) is 24.3 Å². The van der Waals surface area contributed by atoms with Crippen LogP contribution in [0.2, 0.25) is 0 Å². The van der Waals surface area contributed by atoms with E-state index >= 15 is 0 Å². The summed E-state index contributed by atoms with van der Waals surface area (Å²) in [4.78, 5) is 0.874.